The van der Waals surface area contributed by atoms with Gasteiger partial charge in [-0.15, -0.1) is 0 Å². The van der Waals surface area contributed by atoms with Crippen molar-refractivity contribution in [3.05, 3.63) is 88.0 Å². The number of hydrogen-bond acceptors (Lipinski definition) is 4. The van der Waals surface area contributed by atoms with Gasteiger partial charge in [0.25, 0.3) is 0 Å². The Balaban J connectivity index is 1.59. The van der Waals surface area contributed by atoms with Gasteiger partial charge in [0.2, 0.25) is 0 Å². The van der Waals surface area contributed by atoms with Crippen molar-refractivity contribution in [2.24, 2.45) is 0 Å². The maximum absolute atomic E-state index is 12.4. The third kappa shape index (κ3) is 3.25. The van der Waals surface area contributed by atoms with E-state index >= 15 is 0 Å². The van der Waals surface area contributed by atoms with Crippen LogP contribution in [0.25, 0.3) is 0 Å². The molecule has 0 spiro atoms. The number of benzene rings is 3. The van der Waals surface area contributed by atoms with Crippen LogP contribution >= 0.6 is 0 Å². The van der Waals surface area contributed by atoms with E-state index in [0.717, 1.165) is 33.6 Å². The summed E-state index contributed by atoms with van der Waals surface area (Å²) in [6, 6.07) is 16.4. The molecule has 4 rings (SSSR count). The van der Waals surface area contributed by atoms with Crippen LogP contribution in [0.1, 0.15) is 45.1 Å². The second-order valence-corrected chi connectivity index (χ2v) is 7.82. The molecule has 1 heterocycles. The number of ether oxygens (including phenoxy) is 2. The van der Waals surface area contributed by atoms with Crippen LogP contribution in [0.2, 0.25) is 0 Å². The van der Waals surface area contributed by atoms with Gasteiger partial charge >= 0.3 is 5.97 Å². The summed E-state index contributed by atoms with van der Waals surface area (Å²) in [4.78, 5) is 12.4. The van der Waals surface area contributed by atoms with Crippen molar-refractivity contribution in [1.82, 2.24) is 0 Å². The van der Waals surface area contributed by atoms with Gasteiger partial charge in [-0.25, -0.2) is 4.79 Å². The zero-order valence-electron chi connectivity index (χ0n) is 17.1. The molecule has 0 saturated heterocycles. The fourth-order valence-electron chi connectivity index (χ4n) is 3.89. The summed E-state index contributed by atoms with van der Waals surface area (Å²) in [6.07, 6.45) is 0.663. The van der Waals surface area contributed by atoms with Crippen LogP contribution in [-0.2, 0) is 12.0 Å². The number of aromatic hydroxyl groups is 1. The standard InChI is InChI=1S/C25H24O4/c1-15-16(2)23-21(17(3)22(15)26)14-25(4,29-23)19-12-10-18(11-13-19)24(27)28-20-8-6-5-7-9-20/h5-13,26H,14H2,1-4H3. The molecular weight excluding hydrogens is 364 g/mol. The first kappa shape index (κ1) is 19.1. The first-order valence-corrected chi connectivity index (χ1v) is 9.68. The van der Waals surface area contributed by atoms with Crippen LogP contribution < -0.4 is 9.47 Å². The Labute approximate surface area is 170 Å². The van der Waals surface area contributed by atoms with Crippen molar-refractivity contribution in [2.75, 3.05) is 0 Å². The maximum atomic E-state index is 12.4. The number of carbonyl (C=O) groups is 1. The highest BCUT2D eigenvalue weighted by Gasteiger charge is 2.39. The maximum Gasteiger partial charge on any atom is 0.343 e. The second kappa shape index (κ2) is 6.96. The summed E-state index contributed by atoms with van der Waals surface area (Å²) in [5, 5.41) is 10.4. The monoisotopic (exact) mass is 388 g/mol. The van der Waals surface area contributed by atoms with Crippen molar-refractivity contribution in [1.29, 1.82) is 0 Å². The molecular formula is C25H24O4. The Morgan fingerprint density at radius 3 is 2.28 bits per heavy atom. The van der Waals surface area contributed by atoms with Crippen molar-refractivity contribution in [3.8, 4) is 17.2 Å². The molecule has 1 aliphatic heterocycles. The molecule has 0 amide bonds. The molecule has 1 N–H and O–H groups in total. The number of phenols is 1. The van der Waals surface area contributed by atoms with E-state index in [1.54, 1.807) is 24.3 Å². The Bertz CT molecular complexity index is 1050. The molecule has 3 aromatic carbocycles. The van der Waals surface area contributed by atoms with Gasteiger partial charge in [-0.3, -0.25) is 0 Å². The molecule has 0 aliphatic carbocycles. The van der Waals surface area contributed by atoms with Gasteiger partial charge in [-0.1, -0.05) is 30.3 Å². The van der Waals surface area contributed by atoms with Crippen LogP contribution in [-0.4, -0.2) is 11.1 Å². The Hall–Kier alpha value is -3.27. The Kier molecular flexibility index (Phi) is 4.58. The summed E-state index contributed by atoms with van der Waals surface area (Å²) < 4.78 is 11.8. The van der Waals surface area contributed by atoms with Crippen LogP contribution in [0.4, 0.5) is 0 Å². The first-order chi connectivity index (χ1) is 13.8. The molecule has 0 fully saturated rings. The summed E-state index contributed by atoms with van der Waals surface area (Å²) in [7, 11) is 0. The normalized spacial score (nSPS) is 17.5. The number of phenolic OH excluding ortho intramolecular Hbond substituents is 1. The zero-order chi connectivity index (χ0) is 20.8. The highest BCUT2D eigenvalue weighted by atomic mass is 16.5. The quantitative estimate of drug-likeness (QED) is 0.483. The molecule has 29 heavy (non-hydrogen) atoms. The van der Waals surface area contributed by atoms with Gasteiger partial charge in [0.1, 0.15) is 22.8 Å². The summed E-state index contributed by atoms with van der Waals surface area (Å²) in [5.41, 5.74) is 4.63. The number of esters is 1. The van der Waals surface area contributed by atoms with Gasteiger partial charge < -0.3 is 14.6 Å². The SMILES string of the molecule is Cc1c(C)c2c(c(C)c1O)CC(C)(c1ccc(C(=O)Oc3ccccc3)cc1)O2. The predicted molar refractivity (Wildman–Crippen MR) is 112 cm³/mol. The molecule has 0 saturated carbocycles. The van der Waals surface area contributed by atoms with Crippen molar-refractivity contribution < 1.29 is 19.4 Å². The van der Waals surface area contributed by atoms with E-state index in [4.69, 9.17) is 9.47 Å². The van der Waals surface area contributed by atoms with Crippen LogP contribution in [0.3, 0.4) is 0 Å². The minimum atomic E-state index is -0.556. The summed E-state index contributed by atoms with van der Waals surface area (Å²) >= 11 is 0. The summed E-state index contributed by atoms with van der Waals surface area (Å²) in [6.45, 7) is 7.85. The molecule has 1 aliphatic rings. The summed E-state index contributed by atoms with van der Waals surface area (Å²) in [5.74, 6) is 1.32. The number of rotatable bonds is 3. The smallest absolute Gasteiger partial charge is 0.343 e. The lowest BCUT2D eigenvalue weighted by atomic mass is 9.88. The largest absolute Gasteiger partial charge is 0.507 e. The van der Waals surface area contributed by atoms with Gasteiger partial charge in [0.15, 0.2) is 0 Å². The molecule has 0 radical (unpaired) electrons. The lowest BCUT2D eigenvalue weighted by molar-refractivity contribution is 0.0734. The molecule has 0 bridgehead atoms. The zero-order valence-corrected chi connectivity index (χ0v) is 17.1. The van der Waals surface area contributed by atoms with Gasteiger partial charge in [-0.2, -0.15) is 0 Å². The third-order valence-electron chi connectivity index (χ3n) is 5.87. The van der Waals surface area contributed by atoms with Crippen molar-refractivity contribution in [2.45, 2.75) is 39.7 Å². The van der Waals surface area contributed by atoms with Gasteiger partial charge in [0.05, 0.1) is 5.56 Å². The molecule has 0 aromatic heterocycles. The second-order valence-electron chi connectivity index (χ2n) is 7.82. The molecule has 3 aromatic rings. The number of fused-ring (bicyclic) bond motifs is 1. The lowest BCUT2D eigenvalue weighted by Gasteiger charge is -2.25. The lowest BCUT2D eigenvalue weighted by Crippen LogP contribution is -2.27. The minimum Gasteiger partial charge on any atom is -0.507 e. The third-order valence-corrected chi connectivity index (χ3v) is 5.87. The molecule has 4 heteroatoms. The minimum absolute atomic E-state index is 0.341. The van der Waals surface area contributed by atoms with E-state index in [9.17, 15) is 9.90 Å². The van der Waals surface area contributed by atoms with Crippen LogP contribution in [0.5, 0.6) is 17.2 Å². The Morgan fingerprint density at radius 1 is 0.966 bits per heavy atom. The van der Waals surface area contributed by atoms with Crippen molar-refractivity contribution >= 4 is 5.97 Å². The predicted octanol–water partition coefficient (Wildman–Crippen LogP) is 5.39. The molecule has 1 atom stereocenters. The average molecular weight is 388 g/mol. The Morgan fingerprint density at radius 2 is 1.62 bits per heavy atom. The highest BCUT2D eigenvalue weighted by molar-refractivity contribution is 5.91. The fourth-order valence-corrected chi connectivity index (χ4v) is 3.89. The average Bonchev–Trinajstić information content (AvgIpc) is 3.11. The van der Waals surface area contributed by atoms with Crippen molar-refractivity contribution in [3.63, 3.8) is 0 Å². The molecule has 1 unspecified atom stereocenters. The van der Waals surface area contributed by atoms with Crippen LogP contribution in [0, 0.1) is 20.8 Å². The fraction of sp³-hybridized carbons (Fsp3) is 0.240. The molecule has 148 valence electrons. The number of hydrogen-bond donors (Lipinski definition) is 1. The van der Waals surface area contributed by atoms with E-state index in [1.165, 1.54) is 0 Å². The topological polar surface area (TPSA) is 55.8 Å². The molecule has 4 nitrogen and oxygen atoms in total. The highest BCUT2D eigenvalue weighted by Crippen LogP contribution is 2.48. The van der Waals surface area contributed by atoms with Gasteiger partial charge in [-0.05, 0) is 74.2 Å². The van der Waals surface area contributed by atoms with E-state index in [0.29, 0.717) is 23.5 Å². The van der Waals surface area contributed by atoms with Gasteiger partial charge in [0, 0.05) is 12.0 Å². The van der Waals surface area contributed by atoms with Crippen LogP contribution in [0.15, 0.2) is 54.6 Å². The first-order valence-electron chi connectivity index (χ1n) is 9.68. The van der Waals surface area contributed by atoms with E-state index < -0.39 is 11.6 Å². The number of para-hydroxylation sites is 1. The van der Waals surface area contributed by atoms with E-state index in [-0.39, 0.29) is 0 Å². The van der Waals surface area contributed by atoms with E-state index in [1.807, 2.05) is 58.0 Å². The number of carbonyl (C=O) groups excluding carboxylic acids is 1. The van der Waals surface area contributed by atoms with E-state index in [2.05, 4.69) is 0 Å².